The predicted octanol–water partition coefficient (Wildman–Crippen LogP) is 2.80. The average Bonchev–Trinajstić information content (AvgIpc) is 3.13. The lowest BCUT2D eigenvalue weighted by Gasteiger charge is -2.10. The molecule has 0 bridgehead atoms. The van der Waals surface area contributed by atoms with Crippen LogP contribution in [-0.4, -0.2) is 20.7 Å². The van der Waals surface area contributed by atoms with Crippen LogP contribution in [0.4, 0.5) is 5.95 Å². The Balaban J connectivity index is 1.56. The number of anilines is 1. The highest BCUT2D eigenvalue weighted by molar-refractivity contribution is 6.09. The number of benzene rings is 2. The van der Waals surface area contributed by atoms with Crippen molar-refractivity contribution in [1.29, 1.82) is 0 Å². The molecule has 2 heterocycles. The second-order valence-electron chi connectivity index (χ2n) is 5.78. The zero-order chi connectivity index (χ0) is 15.8. The summed E-state index contributed by atoms with van der Waals surface area (Å²) in [4.78, 5) is 18.4. The summed E-state index contributed by atoms with van der Waals surface area (Å²) in [7, 11) is 0. The van der Waals surface area contributed by atoms with E-state index in [1.165, 1.54) is 5.56 Å². The van der Waals surface area contributed by atoms with E-state index in [0.717, 1.165) is 16.7 Å². The molecular weight excluding hydrogens is 288 g/mol. The molecule has 1 aromatic heterocycles. The Kier molecular flexibility index (Phi) is 3.19. The van der Waals surface area contributed by atoms with Crippen molar-refractivity contribution in [2.75, 3.05) is 4.90 Å². The minimum Gasteiger partial charge on any atom is -0.271 e. The van der Waals surface area contributed by atoms with Crippen LogP contribution >= 0.6 is 0 Å². The van der Waals surface area contributed by atoms with Gasteiger partial charge >= 0.3 is 0 Å². The first-order chi connectivity index (χ1) is 11.2. The van der Waals surface area contributed by atoms with Crippen LogP contribution in [0.2, 0.25) is 0 Å². The van der Waals surface area contributed by atoms with Gasteiger partial charge in [0, 0.05) is 5.56 Å². The summed E-state index contributed by atoms with van der Waals surface area (Å²) in [5.41, 5.74) is 4.14. The van der Waals surface area contributed by atoms with Crippen LogP contribution in [0.15, 0.2) is 54.9 Å². The van der Waals surface area contributed by atoms with Crippen molar-refractivity contribution in [1.82, 2.24) is 14.8 Å². The van der Waals surface area contributed by atoms with Gasteiger partial charge in [-0.05, 0) is 24.1 Å². The van der Waals surface area contributed by atoms with E-state index < -0.39 is 0 Å². The number of aryl methyl sites for hydroxylation is 1. The molecule has 2 aromatic carbocycles. The number of aromatic nitrogens is 3. The molecule has 0 fully saturated rings. The van der Waals surface area contributed by atoms with Crippen LogP contribution in [0, 0.1) is 6.92 Å². The van der Waals surface area contributed by atoms with Crippen molar-refractivity contribution in [3.63, 3.8) is 0 Å². The summed E-state index contributed by atoms with van der Waals surface area (Å²) in [5.74, 6) is 0.424. The number of hydrogen-bond acceptors (Lipinski definition) is 3. The largest absolute Gasteiger partial charge is 0.271 e. The average molecular weight is 304 g/mol. The summed E-state index contributed by atoms with van der Waals surface area (Å²) in [6.45, 7) is 3.24. The quantitative estimate of drug-likeness (QED) is 0.747. The molecule has 4 rings (SSSR count). The van der Waals surface area contributed by atoms with Crippen LogP contribution < -0.4 is 4.90 Å². The lowest BCUT2D eigenvalue weighted by molar-refractivity contribution is 0.0995. The summed E-state index contributed by atoms with van der Waals surface area (Å²) < 4.78 is 1.76. The van der Waals surface area contributed by atoms with Crippen LogP contribution in [0.1, 0.15) is 27.0 Å². The molecule has 0 saturated heterocycles. The first-order valence-electron chi connectivity index (χ1n) is 7.55. The Morgan fingerprint density at radius 3 is 2.83 bits per heavy atom. The molecule has 3 aromatic rings. The molecule has 0 atom stereocenters. The standard InChI is InChI=1S/C18H16N4O/c1-13-5-4-6-14(9-13)10-21-12-19-18(20-21)22-11-15-7-2-3-8-16(15)17(22)23/h2-9,12H,10-11H2,1H3. The lowest BCUT2D eigenvalue weighted by atomic mass is 10.1. The van der Waals surface area contributed by atoms with Crippen molar-refractivity contribution in [3.8, 4) is 0 Å². The Morgan fingerprint density at radius 2 is 2.00 bits per heavy atom. The third kappa shape index (κ3) is 2.50. The first kappa shape index (κ1) is 13.7. The molecular formula is C18H16N4O. The van der Waals surface area contributed by atoms with Gasteiger partial charge in [0.05, 0.1) is 13.1 Å². The van der Waals surface area contributed by atoms with Gasteiger partial charge in [-0.1, -0.05) is 48.0 Å². The fourth-order valence-electron chi connectivity index (χ4n) is 2.90. The smallest absolute Gasteiger partial charge is 0.261 e. The zero-order valence-corrected chi connectivity index (χ0v) is 12.8. The number of carbonyl (C=O) groups excluding carboxylic acids is 1. The zero-order valence-electron chi connectivity index (χ0n) is 12.8. The van der Waals surface area contributed by atoms with E-state index in [2.05, 4.69) is 35.2 Å². The van der Waals surface area contributed by atoms with Gasteiger partial charge < -0.3 is 0 Å². The number of rotatable bonds is 3. The fourth-order valence-corrected chi connectivity index (χ4v) is 2.90. The van der Waals surface area contributed by atoms with Crippen LogP contribution in [0.5, 0.6) is 0 Å². The molecule has 0 spiro atoms. The number of amides is 1. The molecule has 0 aliphatic carbocycles. The van der Waals surface area contributed by atoms with E-state index in [4.69, 9.17) is 0 Å². The maximum atomic E-state index is 12.4. The third-order valence-corrected chi connectivity index (χ3v) is 4.01. The molecule has 1 amide bonds. The SMILES string of the molecule is Cc1cccc(Cn2cnc(N3Cc4ccccc4C3=O)n2)c1. The van der Waals surface area contributed by atoms with Crippen molar-refractivity contribution >= 4 is 11.9 Å². The molecule has 1 aliphatic rings. The number of fused-ring (bicyclic) bond motifs is 1. The maximum absolute atomic E-state index is 12.4. The molecule has 0 unspecified atom stereocenters. The molecule has 114 valence electrons. The minimum absolute atomic E-state index is 0.0334. The van der Waals surface area contributed by atoms with Crippen LogP contribution in [-0.2, 0) is 13.1 Å². The van der Waals surface area contributed by atoms with E-state index in [9.17, 15) is 4.79 Å². The van der Waals surface area contributed by atoms with Gasteiger partial charge in [0.2, 0.25) is 0 Å². The van der Waals surface area contributed by atoms with Gasteiger partial charge in [0.15, 0.2) is 0 Å². The second-order valence-corrected chi connectivity index (χ2v) is 5.78. The fraction of sp³-hybridized carbons (Fsp3) is 0.167. The van der Waals surface area contributed by atoms with Gasteiger partial charge in [0.1, 0.15) is 6.33 Å². The van der Waals surface area contributed by atoms with Crippen LogP contribution in [0.3, 0.4) is 0 Å². The van der Waals surface area contributed by atoms with E-state index in [1.54, 1.807) is 15.9 Å². The number of hydrogen-bond donors (Lipinski definition) is 0. The Morgan fingerprint density at radius 1 is 1.13 bits per heavy atom. The van der Waals surface area contributed by atoms with Gasteiger partial charge in [-0.2, -0.15) is 0 Å². The first-order valence-corrected chi connectivity index (χ1v) is 7.55. The summed E-state index contributed by atoms with van der Waals surface area (Å²) in [6, 6.07) is 15.9. The highest BCUT2D eigenvalue weighted by Crippen LogP contribution is 2.25. The molecule has 0 N–H and O–H groups in total. The monoisotopic (exact) mass is 304 g/mol. The van der Waals surface area contributed by atoms with Crippen molar-refractivity contribution in [2.24, 2.45) is 0 Å². The summed E-state index contributed by atoms with van der Waals surface area (Å²) in [5, 5.41) is 4.46. The minimum atomic E-state index is -0.0334. The van der Waals surface area contributed by atoms with E-state index in [-0.39, 0.29) is 5.91 Å². The van der Waals surface area contributed by atoms with Gasteiger partial charge in [-0.3, -0.25) is 9.69 Å². The third-order valence-electron chi connectivity index (χ3n) is 4.01. The van der Waals surface area contributed by atoms with Gasteiger partial charge in [-0.15, -0.1) is 5.10 Å². The summed E-state index contributed by atoms with van der Waals surface area (Å²) >= 11 is 0. The van der Waals surface area contributed by atoms with E-state index in [1.807, 2.05) is 30.3 Å². The molecule has 5 heteroatoms. The maximum Gasteiger partial charge on any atom is 0.261 e. The molecule has 0 saturated carbocycles. The highest BCUT2D eigenvalue weighted by Gasteiger charge is 2.30. The van der Waals surface area contributed by atoms with Crippen molar-refractivity contribution in [3.05, 3.63) is 77.1 Å². The van der Waals surface area contributed by atoms with Gasteiger partial charge in [0.25, 0.3) is 11.9 Å². The second kappa shape index (κ2) is 5.35. The number of carbonyl (C=O) groups is 1. The van der Waals surface area contributed by atoms with Gasteiger partial charge in [-0.25, -0.2) is 9.67 Å². The lowest BCUT2D eigenvalue weighted by Crippen LogP contribution is -2.24. The Hall–Kier alpha value is -2.95. The van der Waals surface area contributed by atoms with Crippen molar-refractivity contribution in [2.45, 2.75) is 20.0 Å². The van der Waals surface area contributed by atoms with E-state index in [0.29, 0.717) is 19.0 Å². The molecule has 0 radical (unpaired) electrons. The Labute approximate surface area is 134 Å². The molecule has 5 nitrogen and oxygen atoms in total. The van der Waals surface area contributed by atoms with Crippen molar-refractivity contribution < 1.29 is 4.79 Å². The normalized spacial score (nSPS) is 13.4. The topological polar surface area (TPSA) is 51.0 Å². The Bertz CT molecular complexity index is 884. The van der Waals surface area contributed by atoms with Crippen LogP contribution in [0.25, 0.3) is 0 Å². The highest BCUT2D eigenvalue weighted by atomic mass is 16.2. The molecule has 1 aliphatic heterocycles. The molecule has 23 heavy (non-hydrogen) atoms. The predicted molar refractivity (Wildman–Crippen MR) is 87.3 cm³/mol. The summed E-state index contributed by atoms with van der Waals surface area (Å²) in [6.07, 6.45) is 1.67. The van der Waals surface area contributed by atoms with E-state index >= 15 is 0 Å². The number of nitrogens with zero attached hydrogens (tertiary/aromatic N) is 4.